The molecule has 0 aromatic rings. The molecule has 0 aliphatic heterocycles. The van der Waals surface area contributed by atoms with Gasteiger partial charge in [-0.1, -0.05) is 0 Å². The number of allylic oxidation sites excluding steroid dienone is 1. The summed E-state index contributed by atoms with van der Waals surface area (Å²) in [6.45, 7) is 6.56. The van der Waals surface area contributed by atoms with Gasteiger partial charge in [0, 0.05) is 5.57 Å². The van der Waals surface area contributed by atoms with Crippen LogP contribution in [0.2, 0.25) is 0 Å². The Hall–Kier alpha value is -0.700. The zero-order chi connectivity index (χ0) is 9.07. The largest absolute Gasteiger partial charge is 0.460 e. The van der Waals surface area contributed by atoms with Gasteiger partial charge < -0.3 is 9.84 Å². The van der Waals surface area contributed by atoms with Crippen LogP contribution in [-0.4, -0.2) is 17.3 Å². The molecule has 0 fully saturated rings. The van der Waals surface area contributed by atoms with E-state index in [9.17, 15) is 5.11 Å². The Morgan fingerprint density at radius 1 is 1.45 bits per heavy atom. The van der Waals surface area contributed by atoms with Crippen molar-refractivity contribution in [2.45, 2.75) is 33.3 Å². The average molecular weight is 159 g/mol. The Morgan fingerprint density at radius 2 is 1.91 bits per heavy atom. The van der Waals surface area contributed by atoms with Gasteiger partial charge in [-0.2, -0.15) is 0 Å². The monoisotopic (exact) mass is 159 g/mol. The van der Waals surface area contributed by atoms with Crippen molar-refractivity contribution in [3.63, 3.8) is 0 Å². The molecule has 0 rings (SSSR count). The number of aliphatic hydroxyl groups is 1. The predicted molar refractivity (Wildman–Crippen MR) is 41.3 cm³/mol. The minimum atomic E-state index is -0.939. The summed E-state index contributed by atoms with van der Waals surface area (Å²) in [6.07, 6.45) is 0. The molecule has 0 aliphatic rings. The van der Waals surface area contributed by atoms with E-state index in [4.69, 9.17) is 9.84 Å². The lowest BCUT2D eigenvalue weighted by Crippen LogP contribution is -2.25. The highest BCUT2D eigenvalue weighted by atomic mass is 16.6. The standard InChI is InChI=1S/C8H15O3/c1-6(2)7(9)11-5-8(3,4)10/h10H,5H2,1-4H3. The minimum absolute atomic E-state index is 0.0387. The number of hydrogen-bond donors (Lipinski definition) is 1. The van der Waals surface area contributed by atoms with Gasteiger partial charge in [0.15, 0.2) is 0 Å². The van der Waals surface area contributed by atoms with Crippen LogP contribution in [0, 0.1) is 0 Å². The van der Waals surface area contributed by atoms with Crippen molar-refractivity contribution < 1.29 is 14.9 Å². The highest BCUT2D eigenvalue weighted by Crippen LogP contribution is 2.07. The maximum absolute atomic E-state index is 10.8. The predicted octanol–water partition coefficient (Wildman–Crippen LogP) is 1.46. The summed E-state index contributed by atoms with van der Waals surface area (Å²) in [5, 5.41) is 20.0. The molecule has 0 bridgehead atoms. The first-order valence-electron chi connectivity index (χ1n) is 3.52. The van der Waals surface area contributed by atoms with Gasteiger partial charge in [0.1, 0.15) is 6.61 Å². The first-order valence-corrected chi connectivity index (χ1v) is 3.52. The smallest absolute Gasteiger partial charge is 0.329 e. The SMILES string of the molecule is CC(C)=C([O])OCC(C)(C)O. The molecule has 0 spiro atoms. The zero-order valence-corrected chi connectivity index (χ0v) is 7.47. The van der Waals surface area contributed by atoms with Crippen molar-refractivity contribution in [3.05, 3.63) is 11.5 Å². The maximum Gasteiger partial charge on any atom is 0.329 e. The van der Waals surface area contributed by atoms with Crippen molar-refractivity contribution >= 4 is 0 Å². The third kappa shape index (κ3) is 5.73. The van der Waals surface area contributed by atoms with E-state index in [1.165, 1.54) is 0 Å². The van der Waals surface area contributed by atoms with E-state index < -0.39 is 5.60 Å². The molecule has 65 valence electrons. The van der Waals surface area contributed by atoms with Gasteiger partial charge in [0.2, 0.25) is 0 Å². The molecule has 3 heteroatoms. The Kier molecular flexibility index (Phi) is 3.39. The first kappa shape index (κ1) is 10.3. The lowest BCUT2D eigenvalue weighted by molar-refractivity contribution is -0.0413. The van der Waals surface area contributed by atoms with Crippen LogP contribution in [0.4, 0.5) is 0 Å². The molecule has 0 saturated heterocycles. The van der Waals surface area contributed by atoms with E-state index >= 15 is 0 Å². The Labute approximate surface area is 67.3 Å². The van der Waals surface area contributed by atoms with Crippen molar-refractivity contribution in [1.29, 1.82) is 0 Å². The lowest BCUT2D eigenvalue weighted by atomic mass is 10.2. The molecule has 0 aromatic heterocycles. The van der Waals surface area contributed by atoms with E-state index in [0.29, 0.717) is 5.57 Å². The molecule has 0 heterocycles. The Balaban J connectivity index is 3.82. The van der Waals surface area contributed by atoms with Gasteiger partial charge in [-0.05, 0) is 27.7 Å². The quantitative estimate of drug-likeness (QED) is 0.634. The van der Waals surface area contributed by atoms with E-state index in [-0.39, 0.29) is 12.6 Å². The topological polar surface area (TPSA) is 49.4 Å². The third-order valence-electron chi connectivity index (χ3n) is 0.965. The Morgan fingerprint density at radius 3 is 2.18 bits per heavy atom. The van der Waals surface area contributed by atoms with Gasteiger partial charge in [-0.3, -0.25) is 0 Å². The van der Waals surface area contributed by atoms with Crippen LogP contribution in [-0.2, 0) is 9.84 Å². The summed E-state index contributed by atoms with van der Waals surface area (Å²) in [6, 6.07) is 0. The summed E-state index contributed by atoms with van der Waals surface area (Å²) in [5.74, 6) is -0.355. The normalized spacial score (nSPS) is 11.0. The van der Waals surface area contributed by atoms with E-state index in [2.05, 4.69) is 0 Å². The molecule has 1 radical (unpaired) electrons. The summed E-state index contributed by atoms with van der Waals surface area (Å²) in [7, 11) is 0. The van der Waals surface area contributed by atoms with Crippen LogP contribution < -0.4 is 0 Å². The molecule has 0 saturated carbocycles. The van der Waals surface area contributed by atoms with Crippen molar-refractivity contribution in [1.82, 2.24) is 0 Å². The van der Waals surface area contributed by atoms with Crippen molar-refractivity contribution in [2.75, 3.05) is 6.61 Å². The molecular formula is C8H15O3. The zero-order valence-electron chi connectivity index (χ0n) is 7.47. The summed E-state index contributed by atoms with van der Waals surface area (Å²) in [5.41, 5.74) is -0.347. The van der Waals surface area contributed by atoms with Crippen LogP contribution in [0.3, 0.4) is 0 Å². The molecule has 3 nitrogen and oxygen atoms in total. The molecule has 0 aromatic carbocycles. The third-order valence-corrected chi connectivity index (χ3v) is 0.965. The van der Waals surface area contributed by atoms with E-state index in [1.807, 2.05) is 0 Å². The highest BCUT2D eigenvalue weighted by Gasteiger charge is 2.14. The van der Waals surface area contributed by atoms with E-state index in [0.717, 1.165) is 0 Å². The molecule has 1 N–H and O–H groups in total. The fourth-order valence-corrected chi connectivity index (χ4v) is 0.386. The molecule has 0 amide bonds. The minimum Gasteiger partial charge on any atom is -0.460 e. The summed E-state index contributed by atoms with van der Waals surface area (Å²) < 4.78 is 4.74. The molecule has 0 atom stereocenters. The fourth-order valence-electron chi connectivity index (χ4n) is 0.386. The molecular weight excluding hydrogens is 144 g/mol. The first-order chi connectivity index (χ1) is 4.83. The van der Waals surface area contributed by atoms with Gasteiger partial charge in [0.05, 0.1) is 5.60 Å². The second kappa shape index (κ2) is 3.62. The average Bonchev–Trinajstić information content (AvgIpc) is 1.80. The van der Waals surface area contributed by atoms with Gasteiger partial charge in [-0.25, -0.2) is 5.11 Å². The molecule has 0 aliphatic carbocycles. The van der Waals surface area contributed by atoms with Crippen LogP contribution in [0.15, 0.2) is 11.5 Å². The van der Waals surface area contributed by atoms with Crippen LogP contribution in [0.5, 0.6) is 0 Å². The Bertz CT molecular complexity index is 149. The number of hydrogen-bond acceptors (Lipinski definition) is 2. The fraction of sp³-hybridized carbons (Fsp3) is 0.750. The second-order valence-corrected chi connectivity index (χ2v) is 3.39. The number of ether oxygens (including phenoxy) is 1. The van der Waals surface area contributed by atoms with Gasteiger partial charge >= 0.3 is 5.95 Å². The van der Waals surface area contributed by atoms with Gasteiger partial charge in [0.25, 0.3) is 0 Å². The summed E-state index contributed by atoms with van der Waals surface area (Å²) >= 11 is 0. The van der Waals surface area contributed by atoms with Crippen molar-refractivity contribution in [3.8, 4) is 0 Å². The van der Waals surface area contributed by atoms with Crippen molar-refractivity contribution in [2.24, 2.45) is 0 Å². The summed E-state index contributed by atoms with van der Waals surface area (Å²) in [4.78, 5) is 0. The van der Waals surface area contributed by atoms with E-state index in [1.54, 1.807) is 27.7 Å². The van der Waals surface area contributed by atoms with Gasteiger partial charge in [-0.15, -0.1) is 0 Å². The molecule has 0 unspecified atom stereocenters. The maximum atomic E-state index is 10.8. The van der Waals surface area contributed by atoms with Crippen LogP contribution in [0.25, 0.3) is 0 Å². The lowest BCUT2D eigenvalue weighted by Gasteiger charge is -2.16. The highest BCUT2D eigenvalue weighted by molar-refractivity contribution is 4.93. The molecule has 11 heavy (non-hydrogen) atoms. The second-order valence-electron chi connectivity index (χ2n) is 3.39. The number of rotatable bonds is 3. The van der Waals surface area contributed by atoms with Crippen LogP contribution in [0.1, 0.15) is 27.7 Å². The van der Waals surface area contributed by atoms with Crippen LogP contribution >= 0.6 is 0 Å².